The molecule has 1 aliphatic rings. The van der Waals surface area contributed by atoms with Crippen LogP contribution in [0.3, 0.4) is 0 Å². The molecule has 2 atom stereocenters. The zero-order valence-electron chi connectivity index (χ0n) is 11.9. The lowest BCUT2D eigenvalue weighted by Crippen LogP contribution is -2.58. The topological polar surface area (TPSA) is 35.6 Å². The first-order valence-electron chi connectivity index (χ1n) is 6.57. The third-order valence-electron chi connectivity index (χ3n) is 3.18. The summed E-state index contributed by atoms with van der Waals surface area (Å²) in [6, 6.07) is 0.767. The van der Waals surface area contributed by atoms with Crippen molar-refractivity contribution in [1.29, 1.82) is 0 Å². The van der Waals surface area contributed by atoms with Gasteiger partial charge in [-0.2, -0.15) is 0 Å². The molecule has 1 amide bonds. The molecule has 0 aliphatic carbocycles. The van der Waals surface area contributed by atoms with E-state index in [2.05, 4.69) is 26.1 Å². The zero-order chi connectivity index (χ0) is 13.0. The zero-order valence-corrected chi connectivity index (χ0v) is 11.9. The maximum Gasteiger partial charge on any atom is 0.237 e. The molecule has 0 bridgehead atoms. The number of carbonyl (C=O) groups excluding carboxylic acids is 1. The molecule has 1 saturated heterocycles. The molecule has 17 heavy (non-hydrogen) atoms. The van der Waals surface area contributed by atoms with Crippen LogP contribution in [0.5, 0.6) is 0 Å². The second-order valence-electron chi connectivity index (χ2n) is 5.87. The van der Waals surface area contributed by atoms with Gasteiger partial charge in [0.1, 0.15) is 0 Å². The van der Waals surface area contributed by atoms with Gasteiger partial charge >= 0.3 is 0 Å². The lowest BCUT2D eigenvalue weighted by atomic mass is 10.00. The summed E-state index contributed by atoms with van der Waals surface area (Å²) in [5.74, 6) is 0.921. The van der Waals surface area contributed by atoms with Gasteiger partial charge in [0.05, 0.1) is 6.54 Å². The number of carbonyl (C=O) groups is 1. The summed E-state index contributed by atoms with van der Waals surface area (Å²) < 4.78 is 0. The normalized spacial score (nSPS) is 25.7. The van der Waals surface area contributed by atoms with E-state index in [1.807, 2.05) is 23.9 Å². The summed E-state index contributed by atoms with van der Waals surface area (Å²) >= 11 is 0. The van der Waals surface area contributed by atoms with Crippen molar-refractivity contribution in [2.45, 2.75) is 39.3 Å². The first kappa shape index (κ1) is 14.5. The molecule has 0 spiro atoms. The van der Waals surface area contributed by atoms with Gasteiger partial charge in [-0.3, -0.25) is 4.79 Å². The molecule has 0 aromatic heterocycles. The average Bonchev–Trinajstić information content (AvgIpc) is 2.19. The van der Waals surface area contributed by atoms with Crippen LogP contribution in [0.2, 0.25) is 0 Å². The first-order chi connectivity index (χ1) is 7.90. The van der Waals surface area contributed by atoms with Crippen molar-refractivity contribution in [3.8, 4) is 0 Å². The van der Waals surface area contributed by atoms with Gasteiger partial charge in [0.15, 0.2) is 0 Å². The van der Waals surface area contributed by atoms with E-state index in [4.69, 9.17) is 0 Å². The maximum absolute atomic E-state index is 12.1. The highest BCUT2D eigenvalue weighted by Crippen LogP contribution is 2.13. The van der Waals surface area contributed by atoms with Crippen LogP contribution in [0.25, 0.3) is 0 Å². The van der Waals surface area contributed by atoms with Crippen LogP contribution in [-0.2, 0) is 4.79 Å². The predicted molar refractivity (Wildman–Crippen MR) is 71.0 cm³/mol. The predicted octanol–water partition coefficient (Wildman–Crippen LogP) is 0.783. The Morgan fingerprint density at radius 1 is 1.47 bits per heavy atom. The van der Waals surface area contributed by atoms with E-state index in [0.29, 0.717) is 24.5 Å². The molecule has 1 heterocycles. The van der Waals surface area contributed by atoms with Crippen molar-refractivity contribution in [3.63, 3.8) is 0 Å². The molecule has 1 fully saturated rings. The van der Waals surface area contributed by atoms with E-state index in [0.717, 1.165) is 19.5 Å². The van der Waals surface area contributed by atoms with Crippen LogP contribution >= 0.6 is 0 Å². The van der Waals surface area contributed by atoms with Gasteiger partial charge in [0, 0.05) is 25.2 Å². The molecule has 100 valence electrons. The highest BCUT2D eigenvalue weighted by molar-refractivity contribution is 5.78. The Bertz CT molecular complexity index is 253. The molecule has 0 aromatic rings. The van der Waals surface area contributed by atoms with Crippen LogP contribution in [0.1, 0.15) is 27.2 Å². The third-order valence-corrected chi connectivity index (χ3v) is 3.18. The molecule has 2 unspecified atom stereocenters. The standard InChI is InChI=1S/C13H27N3O/c1-10(2)6-12-8-16(11(3)7-14-12)13(17)9-15(4)5/h10-12,14H,6-9H2,1-5H3. The number of hydrogen-bond donors (Lipinski definition) is 1. The highest BCUT2D eigenvalue weighted by Gasteiger charge is 2.28. The molecular weight excluding hydrogens is 214 g/mol. The van der Waals surface area contributed by atoms with Crippen molar-refractivity contribution in [1.82, 2.24) is 15.1 Å². The largest absolute Gasteiger partial charge is 0.336 e. The second-order valence-corrected chi connectivity index (χ2v) is 5.87. The van der Waals surface area contributed by atoms with E-state index >= 15 is 0 Å². The molecule has 1 aliphatic heterocycles. The smallest absolute Gasteiger partial charge is 0.237 e. The van der Waals surface area contributed by atoms with Crippen molar-refractivity contribution < 1.29 is 4.79 Å². The summed E-state index contributed by atoms with van der Waals surface area (Å²) in [6.07, 6.45) is 1.14. The fourth-order valence-corrected chi connectivity index (χ4v) is 2.37. The molecule has 4 heteroatoms. The quantitative estimate of drug-likeness (QED) is 0.790. The number of likely N-dealkylation sites (N-methyl/N-ethyl adjacent to an activating group) is 1. The second kappa shape index (κ2) is 6.36. The van der Waals surface area contributed by atoms with E-state index in [9.17, 15) is 4.79 Å². The Kier molecular flexibility index (Phi) is 5.40. The SMILES string of the molecule is CC(C)CC1CN(C(=O)CN(C)C)C(C)CN1. The summed E-state index contributed by atoms with van der Waals surface area (Å²) in [4.78, 5) is 16.1. The minimum Gasteiger partial charge on any atom is -0.336 e. The Hall–Kier alpha value is -0.610. The first-order valence-corrected chi connectivity index (χ1v) is 6.57. The van der Waals surface area contributed by atoms with Gasteiger partial charge in [-0.05, 0) is 33.4 Å². The Labute approximate surface area is 105 Å². The summed E-state index contributed by atoms with van der Waals surface area (Å²) in [5, 5.41) is 3.53. The third kappa shape index (κ3) is 4.64. The van der Waals surface area contributed by atoms with Crippen LogP contribution in [0.15, 0.2) is 0 Å². The van der Waals surface area contributed by atoms with Crippen LogP contribution in [0.4, 0.5) is 0 Å². The molecular formula is C13H27N3O. The molecule has 0 saturated carbocycles. The van der Waals surface area contributed by atoms with Crippen molar-refractivity contribution in [3.05, 3.63) is 0 Å². The summed E-state index contributed by atoms with van der Waals surface area (Å²) in [5.41, 5.74) is 0. The summed E-state index contributed by atoms with van der Waals surface area (Å²) in [7, 11) is 3.88. The van der Waals surface area contributed by atoms with Crippen molar-refractivity contribution in [2.75, 3.05) is 33.7 Å². The molecule has 0 aromatic carbocycles. The van der Waals surface area contributed by atoms with Crippen LogP contribution in [-0.4, -0.2) is 61.5 Å². The van der Waals surface area contributed by atoms with Crippen LogP contribution < -0.4 is 5.32 Å². The van der Waals surface area contributed by atoms with Gasteiger partial charge in [0.2, 0.25) is 5.91 Å². The van der Waals surface area contributed by atoms with Crippen molar-refractivity contribution in [2.24, 2.45) is 5.92 Å². The lowest BCUT2D eigenvalue weighted by Gasteiger charge is -2.40. The van der Waals surface area contributed by atoms with E-state index < -0.39 is 0 Å². The lowest BCUT2D eigenvalue weighted by molar-refractivity contribution is -0.135. The van der Waals surface area contributed by atoms with Gasteiger partial charge in [0.25, 0.3) is 0 Å². The van der Waals surface area contributed by atoms with Gasteiger partial charge in [-0.15, -0.1) is 0 Å². The number of rotatable bonds is 4. The fourth-order valence-electron chi connectivity index (χ4n) is 2.37. The van der Waals surface area contributed by atoms with Crippen LogP contribution in [0, 0.1) is 5.92 Å². The van der Waals surface area contributed by atoms with E-state index in [1.54, 1.807) is 0 Å². The summed E-state index contributed by atoms with van der Waals surface area (Å²) in [6.45, 7) is 8.85. The number of hydrogen-bond acceptors (Lipinski definition) is 3. The Morgan fingerprint density at radius 2 is 2.12 bits per heavy atom. The minimum atomic E-state index is 0.248. The Balaban J connectivity index is 2.53. The molecule has 0 radical (unpaired) electrons. The average molecular weight is 241 g/mol. The number of amides is 1. The Morgan fingerprint density at radius 3 is 2.65 bits per heavy atom. The molecule has 1 N–H and O–H groups in total. The van der Waals surface area contributed by atoms with E-state index in [-0.39, 0.29) is 5.91 Å². The molecule has 1 rings (SSSR count). The van der Waals surface area contributed by atoms with Crippen molar-refractivity contribution >= 4 is 5.91 Å². The highest BCUT2D eigenvalue weighted by atomic mass is 16.2. The van der Waals surface area contributed by atoms with Gasteiger partial charge < -0.3 is 15.1 Å². The number of nitrogens with one attached hydrogen (secondary N) is 1. The fraction of sp³-hybridized carbons (Fsp3) is 0.923. The van der Waals surface area contributed by atoms with E-state index in [1.165, 1.54) is 0 Å². The van der Waals surface area contributed by atoms with Gasteiger partial charge in [-0.25, -0.2) is 0 Å². The number of nitrogens with zero attached hydrogens (tertiary/aromatic N) is 2. The maximum atomic E-state index is 12.1. The monoisotopic (exact) mass is 241 g/mol. The molecule has 4 nitrogen and oxygen atoms in total. The number of piperazine rings is 1. The minimum absolute atomic E-state index is 0.248. The van der Waals surface area contributed by atoms with Gasteiger partial charge in [-0.1, -0.05) is 13.8 Å².